The first-order valence-corrected chi connectivity index (χ1v) is 7.75. The third-order valence-electron chi connectivity index (χ3n) is 3.92. The van der Waals surface area contributed by atoms with E-state index >= 15 is 0 Å². The number of thiophene rings is 1. The number of piperidine rings is 1. The van der Waals surface area contributed by atoms with E-state index in [0.717, 1.165) is 6.54 Å². The average molecular weight is 276 g/mol. The Hall–Kier alpha value is -1.17. The molecule has 2 N–H and O–H groups in total. The molecular formula is C14H20N4S. The van der Waals surface area contributed by atoms with Crippen molar-refractivity contribution in [2.45, 2.75) is 25.4 Å². The van der Waals surface area contributed by atoms with Crippen LogP contribution < -0.4 is 5.32 Å². The number of nitrogens with one attached hydrogen (secondary N) is 2. The van der Waals surface area contributed by atoms with E-state index in [0.29, 0.717) is 6.04 Å². The minimum atomic E-state index is 0.692. The first-order chi connectivity index (χ1) is 9.36. The molecule has 4 nitrogen and oxygen atoms in total. The molecule has 19 heavy (non-hydrogen) atoms. The van der Waals surface area contributed by atoms with Crippen LogP contribution in [0.4, 0.5) is 0 Å². The normalized spacial score (nSPS) is 17.9. The van der Waals surface area contributed by atoms with E-state index in [1.807, 2.05) is 6.20 Å². The summed E-state index contributed by atoms with van der Waals surface area (Å²) in [4.78, 5) is 2.52. The summed E-state index contributed by atoms with van der Waals surface area (Å²) < 4.78 is 0. The molecule has 1 saturated heterocycles. The Labute approximate surface area is 117 Å². The van der Waals surface area contributed by atoms with Gasteiger partial charge in [-0.25, -0.2) is 0 Å². The number of aromatic nitrogens is 2. The van der Waals surface area contributed by atoms with E-state index in [1.165, 1.54) is 42.8 Å². The summed E-state index contributed by atoms with van der Waals surface area (Å²) in [5.74, 6) is 0. The molecule has 2 aromatic heterocycles. The molecule has 3 heterocycles. The Morgan fingerprint density at radius 3 is 3.00 bits per heavy atom. The second-order valence-electron chi connectivity index (χ2n) is 5.12. The van der Waals surface area contributed by atoms with Crippen molar-refractivity contribution in [2.75, 3.05) is 20.1 Å². The van der Waals surface area contributed by atoms with Crippen LogP contribution in [0.5, 0.6) is 0 Å². The van der Waals surface area contributed by atoms with Gasteiger partial charge in [-0.15, -0.1) is 0 Å². The van der Waals surface area contributed by atoms with E-state index in [1.54, 1.807) is 11.3 Å². The summed E-state index contributed by atoms with van der Waals surface area (Å²) in [6, 6.07) is 2.84. The summed E-state index contributed by atoms with van der Waals surface area (Å²) in [5.41, 5.74) is 3.74. The maximum Gasteiger partial charge on any atom is 0.0703 e. The molecule has 0 aliphatic carbocycles. The van der Waals surface area contributed by atoms with Crippen LogP contribution >= 0.6 is 11.3 Å². The first-order valence-electron chi connectivity index (χ1n) is 6.81. The van der Waals surface area contributed by atoms with Gasteiger partial charge in [0.25, 0.3) is 0 Å². The van der Waals surface area contributed by atoms with Crippen LogP contribution in [0.3, 0.4) is 0 Å². The predicted octanol–water partition coefficient (Wildman–Crippen LogP) is 2.32. The van der Waals surface area contributed by atoms with Gasteiger partial charge < -0.3 is 5.32 Å². The fourth-order valence-corrected chi connectivity index (χ4v) is 3.36. The highest BCUT2D eigenvalue weighted by molar-refractivity contribution is 7.08. The molecule has 0 atom stereocenters. The fourth-order valence-electron chi connectivity index (χ4n) is 2.71. The first kappa shape index (κ1) is 12.8. The van der Waals surface area contributed by atoms with Gasteiger partial charge in [0.2, 0.25) is 0 Å². The van der Waals surface area contributed by atoms with Gasteiger partial charge in [0, 0.05) is 29.1 Å². The molecule has 0 radical (unpaired) electrons. The molecule has 102 valence electrons. The second kappa shape index (κ2) is 5.86. The van der Waals surface area contributed by atoms with Crippen LogP contribution in [0.25, 0.3) is 11.3 Å². The highest BCUT2D eigenvalue weighted by Crippen LogP contribution is 2.25. The maximum absolute atomic E-state index is 4.22. The Balaban J connectivity index is 1.66. The van der Waals surface area contributed by atoms with E-state index in [2.05, 4.69) is 44.3 Å². The number of nitrogens with zero attached hydrogens (tertiary/aromatic N) is 2. The Morgan fingerprint density at radius 1 is 1.47 bits per heavy atom. The summed E-state index contributed by atoms with van der Waals surface area (Å²) >= 11 is 1.73. The largest absolute Gasteiger partial charge is 0.317 e. The molecule has 0 aromatic carbocycles. The zero-order valence-corrected chi connectivity index (χ0v) is 12.0. The number of hydrogen-bond acceptors (Lipinski definition) is 4. The Morgan fingerprint density at radius 2 is 2.32 bits per heavy atom. The van der Waals surface area contributed by atoms with Crippen LogP contribution in [0.1, 0.15) is 18.4 Å². The quantitative estimate of drug-likeness (QED) is 0.901. The molecule has 0 amide bonds. The predicted molar refractivity (Wildman–Crippen MR) is 79.3 cm³/mol. The molecule has 3 rings (SSSR count). The lowest BCUT2D eigenvalue weighted by atomic mass is 10.0. The van der Waals surface area contributed by atoms with Gasteiger partial charge in [-0.1, -0.05) is 0 Å². The van der Waals surface area contributed by atoms with Gasteiger partial charge in [-0.2, -0.15) is 16.4 Å². The van der Waals surface area contributed by atoms with Gasteiger partial charge in [0.1, 0.15) is 0 Å². The van der Waals surface area contributed by atoms with Gasteiger partial charge >= 0.3 is 0 Å². The lowest BCUT2D eigenvalue weighted by Crippen LogP contribution is -2.40. The lowest BCUT2D eigenvalue weighted by Gasteiger charge is -2.31. The molecule has 0 unspecified atom stereocenters. The molecule has 1 aliphatic heterocycles. The van der Waals surface area contributed by atoms with Crippen LogP contribution in [-0.4, -0.2) is 41.3 Å². The minimum absolute atomic E-state index is 0.692. The van der Waals surface area contributed by atoms with Crippen molar-refractivity contribution in [2.24, 2.45) is 0 Å². The van der Waals surface area contributed by atoms with Crippen LogP contribution in [0.15, 0.2) is 23.0 Å². The maximum atomic E-state index is 4.22. The number of hydrogen-bond donors (Lipinski definition) is 2. The van der Waals surface area contributed by atoms with Crippen LogP contribution in [0.2, 0.25) is 0 Å². The van der Waals surface area contributed by atoms with Gasteiger partial charge in [-0.3, -0.25) is 10.00 Å². The van der Waals surface area contributed by atoms with Crippen molar-refractivity contribution < 1.29 is 0 Å². The van der Waals surface area contributed by atoms with E-state index in [4.69, 9.17) is 0 Å². The highest BCUT2D eigenvalue weighted by Gasteiger charge is 2.19. The van der Waals surface area contributed by atoms with Gasteiger partial charge in [0.05, 0.1) is 11.9 Å². The standard InChI is InChI=1S/C14H20N4S/c1-15-13-2-5-18(6-3-13)9-12-8-16-17-14(12)11-4-7-19-10-11/h4,7-8,10,13,15H,2-3,5-6,9H2,1H3,(H,16,17). The Bertz CT molecular complexity index is 497. The third kappa shape index (κ3) is 2.88. The molecule has 0 saturated carbocycles. The zero-order valence-electron chi connectivity index (χ0n) is 11.2. The summed E-state index contributed by atoms with van der Waals surface area (Å²) in [7, 11) is 2.06. The molecule has 1 aliphatic rings. The smallest absolute Gasteiger partial charge is 0.0703 e. The number of aromatic amines is 1. The summed E-state index contributed by atoms with van der Waals surface area (Å²) in [6.07, 6.45) is 4.45. The van der Waals surface area contributed by atoms with Crippen LogP contribution in [0, 0.1) is 0 Å². The van der Waals surface area contributed by atoms with E-state index in [-0.39, 0.29) is 0 Å². The second-order valence-corrected chi connectivity index (χ2v) is 5.90. The van der Waals surface area contributed by atoms with Crippen molar-refractivity contribution in [3.05, 3.63) is 28.6 Å². The number of rotatable bonds is 4. The van der Waals surface area contributed by atoms with Crippen LogP contribution in [-0.2, 0) is 6.54 Å². The Kier molecular flexibility index (Phi) is 3.96. The minimum Gasteiger partial charge on any atom is -0.317 e. The molecular weight excluding hydrogens is 256 g/mol. The summed E-state index contributed by atoms with van der Waals surface area (Å²) in [6.45, 7) is 3.33. The van der Waals surface area contributed by atoms with Crippen molar-refractivity contribution in [1.82, 2.24) is 20.4 Å². The zero-order chi connectivity index (χ0) is 13.1. The van der Waals surface area contributed by atoms with E-state index < -0.39 is 0 Å². The molecule has 5 heteroatoms. The molecule has 0 bridgehead atoms. The number of likely N-dealkylation sites (tertiary alicyclic amines) is 1. The molecule has 1 fully saturated rings. The topological polar surface area (TPSA) is 44.0 Å². The monoisotopic (exact) mass is 276 g/mol. The highest BCUT2D eigenvalue weighted by atomic mass is 32.1. The van der Waals surface area contributed by atoms with Crippen molar-refractivity contribution in [3.63, 3.8) is 0 Å². The van der Waals surface area contributed by atoms with Crippen molar-refractivity contribution >= 4 is 11.3 Å². The average Bonchev–Trinajstić information content (AvgIpc) is 3.10. The molecule has 0 spiro atoms. The lowest BCUT2D eigenvalue weighted by molar-refractivity contribution is 0.195. The van der Waals surface area contributed by atoms with E-state index in [9.17, 15) is 0 Å². The van der Waals surface area contributed by atoms with Crippen molar-refractivity contribution in [1.29, 1.82) is 0 Å². The van der Waals surface area contributed by atoms with Gasteiger partial charge in [0.15, 0.2) is 0 Å². The SMILES string of the molecule is CNC1CCN(Cc2cn[nH]c2-c2ccsc2)CC1. The molecule has 2 aromatic rings. The third-order valence-corrected chi connectivity index (χ3v) is 4.60. The number of H-pyrrole nitrogens is 1. The van der Waals surface area contributed by atoms with Crippen molar-refractivity contribution in [3.8, 4) is 11.3 Å². The van der Waals surface area contributed by atoms with Gasteiger partial charge in [-0.05, 0) is 44.4 Å². The fraction of sp³-hybridized carbons (Fsp3) is 0.500. The summed E-state index contributed by atoms with van der Waals surface area (Å²) in [5, 5.41) is 15.0.